The van der Waals surface area contributed by atoms with Gasteiger partial charge in [-0.3, -0.25) is 4.79 Å². The molecule has 0 aliphatic carbocycles. The van der Waals surface area contributed by atoms with Crippen LogP contribution < -0.4 is 10.5 Å². The van der Waals surface area contributed by atoms with E-state index in [2.05, 4.69) is 13.8 Å². The van der Waals surface area contributed by atoms with E-state index < -0.39 is 0 Å². The molecule has 106 valence electrons. The van der Waals surface area contributed by atoms with Gasteiger partial charge >= 0.3 is 0 Å². The Kier molecular flexibility index (Phi) is 5.67. The molecule has 0 saturated heterocycles. The molecule has 1 aromatic carbocycles. The Balaban J connectivity index is 2.74. The molecule has 0 aliphatic heterocycles. The highest BCUT2D eigenvalue weighted by Crippen LogP contribution is 2.23. The second-order valence-corrected chi connectivity index (χ2v) is 5.34. The SMILES string of the molecule is CC(C)CCCOc1cc(N)ccc1C(=O)N(C)C. The van der Waals surface area contributed by atoms with Crippen molar-refractivity contribution in [3.8, 4) is 5.75 Å². The van der Waals surface area contributed by atoms with Crippen LogP contribution in [0.3, 0.4) is 0 Å². The Morgan fingerprint density at radius 3 is 2.63 bits per heavy atom. The van der Waals surface area contributed by atoms with E-state index in [9.17, 15) is 4.79 Å². The molecule has 4 nitrogen and oxygen atoms in total. The minimum absolute atomic E-state index is 0.0705. The Hall–Kier alpha value is -1.71. The van der Waals surface area contributed by atoms with Gasteiger partial charge in [-0.05, 0) is 30.9 Å². The average molecular weight is 264 g/mol. The molecule has 0 aromatic heterocycles. The van der Waals surface area contributed by atoms with Crippen LogP contribution in [0.4, 0.5) is 5.69 Å². The maximum absolute atomic E-state index is 12.0. The van der Waals surface area contributed by atoms with Crippen LogP contribution in [0.1, 0.15) is 37.0 Å². The third-order valence-electron chi connectivity index (χ3n) is 2.83. The Labute approximate surface area is 115 Å². The molecule has 0 fully saturated rings. The predicted octanol–water partition coefficient (Wildman–Crippen LogP) is 2.79. The van der Waals surface area contributed by atoms with Gasteiger partial charge in [0.1, 0.15) is 5.75 Å². The second-order valence-electron chi connectivity index (χ2n) is 5.34. The van der Waals surface area contributed by atoms with Crippen molar-refractivity contribution in [1.29, 1.82) is 0 Å². The first-order chi connectivity index (χ1) is 8.91. The third kappa shape index (κ3) is 4.81. The van der Waals surface area contributed by atoms with Crippen LogP contribution in [0.15, 0.2) is 18.2 Å². The number of anilines is 1. The summed E-state index contributed by atoms with van der Waals surface area (Å²) in [4.78, 5) is 13.6. The molecular weight excluding hydrogens is 240 g/mol. The van der Waals surface area contributed by atoms with Crippen LogP contribution in [0.5, 0.6) is 5.75 Å². The zero-order chi connectivity index (χ0) is 14.4. The lowest BCUT2D eigenvalue weighted by molar-refractivity contribution is 0.0823. The van der Waals surface area contributed by atoms with E-state index in [-0.39, 0.29) is 5.91 Å². The summed E-state index contributed by atoms with van der Waals surface area (Å²) in [6.45, 7) is 4.97. The molecule has 0 bridgehead atoms. The van der Waals surface area contributed by atoms with Crippen LogP contribution in [0.2, 0.25) is 0 Å². The van der Waals surface area contributed by atoms with Gasteiger partial charge in [-0.15, -0.1) is 0 Å². The first-order valence-electron chi connectivity index (χ1n) is 6.65. The molecule has 0 aliphatic rings. The highest BCUT2D eigenvalue weighted by molar-refractivity contribution is 5.97. The molecule has 0 saturated carbocycles. The smallest absolute Gasteiger partial charge is 0.257 e. The fraction of sp³-hybridized carbons (Fsp3) is 0.533. The third-order valence-corrected chi connectivity index (χ3v) is 2.83. The summed E-state index contributed by atoms with van der Waals surface area (Å²) in [5.41, 5.74) is 6.92. The van der Waals surface area contributed by atoms with Crippen LogP contribution >= 0.6 is 0 Å². The molecule has 2 N–H and O–H groups in total. The largest absolute Gasteiger partial charge is 0.493 e. The number of nitrogen functional groups attached to an aromatic ring is 1. The monoisotopic (exact) mass is 264 g/mol. The number of carbonyl (C=O) groups excluding carboxylic acids is 1. The number of hydrogen-bond donors (Lipinski definition) is 1. The van der Waals surface area contributed by atoms with Crippen molar-refractivity contribution in [2.45, 2.75) is 26.7 Å². The molecule has 4 heteroatoms. The van der Waals surface area contributed by atoms with Gasteiger partial charge in [-0.25, -0.2) is 0 Å². The quantitative estimate of drug-likeness (QED) is 0.635. The number of hydrogen-bond acceptors (Lipinski definition) is 3. The van der Waals surface area contributed by atoms with Crippen LogP contribution in [-0.4, -0.2) is 31.5 Å². The molecule has 1 amide bonds. The van der Waals surface area contributed by atoms with Gasteiger partial charge in [-0.2, -0.15) is 0 Å². The number of nitrogens with two attached hydrogens (primary N) is 1. The van der Waals surface area contributed by atoms with Crippen molar-refractivity contribution >= 4 is 11.6 Å². The van der Waals surface area contributed by atoms with Crippen molar-refractivity contribution in [2.75, 3.05) is 26.4 Å². The minimum atomic E-state index is -0.0705. The predicted molar refractivity (Wildman–Crippen MR) is 78.4 cm³/mol. The van der Waals surface area contributed by atoms with Gasteiger partial charge in [0.05, 0.1) is 12.2 Å². The highest BCUT2D eigenvalue weighted by atomic mass is 16.5. The van der Waals surface area contributed by atoms with Gasteiger partial charge in [0.2, 0.25) is 0 Å². The fourth-order valence-electron chi connectivity index (χ4n) is 1.75. The number of benzene rings is 1. The van der Waals surface area contributed by atoms with E-state index >= 15 is 0 Å². The molecule has 19 heavy (non-hydrogen) atoms. The standard InChI is InChI=1S/C15H24N2O2/c1-11(2)6-5-9-19-14-10-12(16)7-8-13(14)15(18)17(3)4/h7-8,10-11H,5-6,9,16H2,1-4H3. The van der Waals surface area contributed by atoms with E-state index in [4.69, 9.17) is 10.5 Å². The summed E-state index contributed by atoms with van der Waals surface area (Å²) in [5, 5.41) is 0. The van der Waals surface area contributed by atoms with Crippen molar-refractivity contribution in [1.82, 2.24) is 4.90 Å². The van der Waals surface area contributed by atoms with Crippen molar-refractivity contribution in [2.24, 2.45) is 5.92 Å². The first-order valence-corrected chi connectivity index (χ1v) is 6.65. The first kappa shape index (κ1) is 15.3. The normalized spacial score (nSPS) is 10.6. The number of rotatable bonds is 6. The number of nitrogens with zero attached hydrogens (tertiary/aromatic N) is 1. The lowest BCUT2D eigenvalue weighted by Crippen LogP contribution is -2.22. The van der Waals surface area contributed by atoms with E-state index in [0.717, 1.165) is 12.8 Å². The number of carbonyl (C=O) groups is 1. The lowest BCUT2D eigenvalue weighted by Gasteiger charge is -2.15. The molecule has 1 aromatic rings. The van der Waals surface area contributed by atoms with E-state index in [1.165, 1.54) is 4.90 Å². The van der Waals surface area contributed by atoms with E-state index in [1.54, 1.807) is 32.3 Å². The minimum Gasteiger partial charge on any atom is -0.493 e. The highest BCUT2D eigenvalue weighted by Gasteiger charge is 2.14. The second kappa shape index (κ2) is 7.02. The molecule has 0 atom stereocenters. The Bertz CT molecular complexity index is 428. The zero-order valence-corrected chi connectivity index (χ0v) is 12.3. The number of amides is 1. The van der Waals surface area contributed by atoms with E-state index in [1.807, 2.05) is 0 Å². The van der Waals surface area contributed by atoms with E-state index in [0.29, 0.717) is 29.5 Å². The van der Waals surface area contributed by atoms with Crippen LogP contribution in [0.25, 0.3) is 0 Å². The number of ether oxygens (including phenoxy) is 1. The summed E-state index contributed by atoms with van der Waals surface area (Å²) in [6, 6.07) is 5.15. The van der Waals surface area contributed by atoms with Gasteiger partial charge in [0, 0.05) is 25.8 Å². The molecule has 0 spiro atoms. The van der Waals surface area contributed by atoms with Crippen LogP contribution in [-0.2, 0) is 0 Å². The maximum atomic E-state index is 12.0. The van der Waals surface area contributed by atoms with Crippen LogP contribution in [0, 0.1) is 5.92 Å². The van der Waals surface area contributed by atoms with Crippen molar-refractivity contribution < 1.29 is 9.53 Å². The fourth-order valence-corrected chi connectivity index (χ4v) is 1.75. The summed E-state index contributed by atoms with van der Waals surface area (Å²) >= 11 is 0. The lowest BCUT2D eigenvalue weighted by atomic mass is 10.1. The zero-order valence-electron chi connectivity index (χ0n) is 12.3. The molecule has 0 unspecified atom stereocenters. The molecular formula is C15H24N2O2. The topological polar surface area (TPSA) is 55.6 Å². The van der Waals surface area contributed by atoms with Gasteiger partial charge in [0.25, 0.3) is 5.91 Å². The molecule has 0 heterocycles. The Morgan fingerprint density at radius 2 is 2.05 bits per heavy atom. The summed E-state index contributed by atoms with van der Waals surface area (Å²) < 4.78 is 5.71. The Morgan fingerprint density at radius 1 is 1.37 bits per heavy atom. The summed E-state index contributed by atoms with van der Waals surface area (Å²) in [5.74, 6) is 1.16. The molecule has 0 radical (unpaired) electrons. The average Bonchev–Trinajstić information content (AvgIpc) is 2.33. The van der Waals surface area contributed by atoms with Crippen molar-refractivity contribution in [3.05, 3.63) is 23.8 Å². The summed E-state index contributed by atoms with van der Waals surface area (Å²) in [7, 11) is 3.45. The summed E-state index contributed by atoms with van der Waals surface area (Å²) in [6.07, 6.45) is 2.08. The molecule has 1 rings (SSSR count). The van der Waals surface area contributed by atoms with Gasteiger partial charge < -0.3 is 15.4 Å². The van der Waals surface area contributed by atoms with Gasteiger partial charge in [-0.1, -0.05) is 13.8 Å². The van der Waals surface area contributed by atoms with Gasteiger partial charge in [0.15, 0.2) is 0 Å². The van der Waals surface area contributed by atoms with Crippen molar-refractivity contribution in [3.63, 3.8) is 0 Å². The maximum Gasteiger partial charge on any atom is 0.257 e.